The quantitative estimate of drug-likeness (QED) is 0.663. The molecule has 94 valence electrons. The van der Waals surface area contributed by atoms with Gasteiger partial charge in [0.1, 0.15) is 0 Å². The minimum absolute atomic E-state index is 0.505. The topological polar surface area (TPSA) is 43.1 Å². The molecule has 4 heteroatoms. The maximum atomic E-state index is 12.3. The summed E-state index contributed by atoms with van der Waals surface area (Å²) in [6.45, 7) is 1.98. The van der Waals surface area contributed by atoms with Crippen LogP contribution in [-0.2, 0) is 16.6 Å². The van der Waals surface area contributed by atoms with E-state index in [4.69, 9.17) is 5.73 Å². The molecule has 1 atom stereocenters. The number of anilines is 1. The average Bonchev–Trinajstić information content (AvgIpc) is 2.35. The molecule has 2 rings (SSSR count). The lowest BCUT2D eigenvalue weighted by Crippen LogP contribution is -2.01. The molecule has 0 aliphatic carbocycles. The third-order valence-electron chi connectivity index (χ3n) is 2.63. The predicted molar refractivity (Wildman–Crippen MR) is 84.9 cm³/mol. The van der Waals surface area contributed by atoms with Crippen molar-refractivity contribution in [2.45, 2.75) is 17.6 Å². The summed E-state index contributed by atoms with van der Waals surface area (Å²) in [7, 11) is -1.09. The lowest BCUT2D eigenvalue weighted by molar-refractivity contribution is 0.683. The SMILES string of the molecule is Cc1ccc(N)c(S(=O)Cc2ccc(I)cc2)c1. The third kappa shape index (κ3) is 3.32. The molecule has 0 amide bonds. The predicted octanol–water partition coefficient (Wildman–Crippen LogP) is 3.49. The van der Waals surface area contributed by atoms with Crippen molar-refractivity contribution in [1.82, 2.24) is 0 Å². The van der Waals surface area contributed by atoms with Crippen LogP contribution < -0.4 is 5.73 Å². The molecule has 0 spiro atoms. The van der Waals surface area contributed by atoms with Gasteiger partial charge in [-0.2, -0.15) is 0 Å². The zero-order valence-electron chi connectivity index (χ0n) is 10.0. The minimum atomic E-state index is -1.09. The first-order valence-corrected chi connectivity index (χ1v) is 7.95. The van der Waals surface area contributed by atoms with E-state index in [0.717, 1.165) is 16.0 Å². The number of hydrogen-bond acceptors (Lipinski definition) is 2. The molecule has 0 aliphatic heterocycles. The zero-order valence-corrected chi connectivity index (χ0v) is 13.0. The maximum absolute atomic E-state index is 12.3. The van der Waals surface area contributed by atoms with Crippen LogP contribution in [0.5, 0.6) is 0 Å². The second-order valence-corrected chi connectivity index (χ2v) is 6.82. The second kappa shape index (κ2) is 5.84. The van der Waals surface area contributed by atoms with E-state index in [1.807, 2.05) is 49.4 Å². The summed E-state index contributed by atoms with van der Waals surface area (Å²) in [4.78, 5) is 0.730. The van der Waals surface area contributed by atoms with Crippen LogP contribution in [0.25, 0.3) is 0 Å². The molecule has 1 unspecified atom stereocenters. The average molecular weight is 371 g/mol. The summed E-state index contributed by atoms with van der Waals surface area (Å²) in [6, 6.07) is 13.7. The molecule has 2 N–H and O–H groups in total. The molecule has 0 bridgehead atoms. The highest BCUT2D eigenvalue weighted by atomic mass is 127. The van der Waals surface area contributed by atoms with Crippen LogP contribution in [0, 0.1) is 10.5 Å². The summed E-state index contributed by atoms with van der Waals surface area (Å²) >= 11 is 2.26. The fourth-order valence-electron chi connectivity index (χ4n) is 1.65. The van der Waals surface area contributed by atoms with E-state index in [1.165, 1.54) is 3.57 Å². The van der Waals surface area contributed by atoms with Gasteiger partial charge >= 0.3 is 0 Å². The summed E-state index contributed by atoms with van der Waals surface area (Å²) in [5.41, 5.74) is 8.62. The van der Waals surface area contributed by atoms with E-state index in [1.54, 1.807) is 0 Å². The van der Waals surface area contributed by atoms with Gasteiger partial charge in [0.15, 0.2) is 0 Å². The van der Waals surface area contributed by atoms with E-state index in [2.05, 4.69) is 22.6 Å². The molecule has 0 heterocycles. The molecule has 0 fully saturated rings. The number of rotatable bonds is 3. The number of nitrogens with two attached hydrogens (primary N) is 1. The zero-order chi connectivity index (χ0) is 13.1. The third-order valence-corrected chi connectivity index (χ3v) is 4.78. The highest BCUT2D eigenvalue weighted by Crippen LogP contribution is 2.21. The number of aryl methyl sites for hydroxylation is 1. The number of benzene rings is 2. The first-order chi connectivity index (χ1) is 8.56. The van der Waals surface area contributed by atoms with Crippen LogP contribution in [0.15, 0.2) is 47.4 Å². The van der Waals surface area contributed by atoms with Crippen molar-refractivity contribution in [2.75, 3.05) is 5.73 Å². The summed E-state index contributed by atoms with van der Waals surface area (Å²) in [6.07, 6.45) is 0. The Labute approximate surface area is 123 Å². The van der Waals surface area contributed by atoms with Gasteiger partial charge < -0.3 is 5.73 Å². The van der Waals surface area contributed by atoms with Crippen LogP contribution in [0.1, 0.15) is 11.1 Å². The van der Waals surface area contributed by atoms with E-state index >= 15 is 0 Å². The van der Waals surface area contributed by atoms with Crippen molar-refractivity contribution in [3.05, 3.63) is 57.2 Å². The van der Waals surface area contributed by atoms with Gasteiger partial charge in [0.25, 0.3) is 0 Å². The monoisotopic (exact) mass is 371 g/mol. The Balaban J connectivity index is 2.21. The van der Waals surface area contributed by atoms with Crippen molar-refractivity contribution in [3.63, 3.8) is 0 Å². The van der Waals surface area contributed by atoms with Crippen LogP contribution >= 0.6 is 22.6 Å². The Kier molecular flexibility index (Phi) is 4.40. The molecule has 2 aromatic rings. The van der Waals surface area contributed by atoms with Crippen LogP contribution in [0.4, 0.5) is 5.69 Å². The van der Waals surface area contributed by atoms with Crippen molar-refractivity contribution in [3.8, 4) is 0 Å². The van der Waals surface area contributed by atoms with E-state index < -0.39 is 10.8 Å². The molecular formula is C14H14INOS. The second-order valence-electron chi connectivity index (χ2n) is 4.16. The Morgan fingerprint density at radius 2 is 1.83 bits per heavy atom. The molecule has 2 nitrogen and oxygen atoms in total. The molecule has 2 aromatic carbocycles. The Morgan fingerprint density at radius 1 is 1.17 bits per heavy atom. The van der Waals surface area contributed by atoms with E-state index in [0.29, 0.717) is 11.4 Å². The van der Waals surface area contributed by atoms with Crippen LogP contribution in [-0.4, -0.2) is 4.21 Å². The van der Waals surface area contributed by atoms with Gasteiger partial charge in [0.2, 0.25) is 0 Å². The normalized spacial score (nSPS) is 12.3. The number of halogens is 1. The smallest absolute Gasteiger partial charge is 0.0623 e. The number of hydrogen-bond donors (Lipinski definition) is 1. The van der Waals surface area contributed by atoms with Crippen LogP contribution in [0.2, 0.25) is 0 Å². The lowest BCUT2D eigenvalue weighted by Gasteiger charge is -2.07. The molecule has 0 radical (unpaired) electrons. The van der Waals surface area contributed by atoms with Gasteiger partial charge in [-0.05, 0) is 64.9 Å². The summed E-state index contributed by atoms with van der Waals surface area (Å²) < 4.78 is 13.5. The van der Waals surface area contributed by atoms with Gasteiger partial charge in [-0.25, -0.2) is 0 Å². The molecule has 0 aliphatic rings. The molecular weight excluding hydrogens is 357 g/mol. The van der Waals surface area contributed by atoms with E-state index in [9.17, 15) is 4.21 Å². The highest BCUT2D eigenvalue weighted by Gasteiger charge is 2.09. The lowest BCUT2D eigenvalue weighted by atomic mass is 10.2. The van der Waals surface area contributed by atoms with E-state index in [-0.39, 0.29) is 0 Å². The van der Waals surface area contributed by atoms with Gasteiger partial charge in [0.05, 0.1) is 21.4 Å². The molecule has 18 heavy (non-hydrogen) atoms. The first kappa shape index (κ1) is 13.5. The Morgan fingerprint density at radius 3 is 2.50 bits per heavy atom. The summed E-state index contributed by atoms with van der Waals surface area (Å²) in [5.74, 6) is 0.505. The van der Waals surface area contributed by atoms with Crippen LogP contribution in [0.3, 0.4) is 0 Å². The number of nitrogen functional groups attached to an aromatic ring is 1. The van der Waals surface area contributed by atoms with Crippen molar-refractivity contribution in [1.29, 1.82) is 0 Å². The largest absolute Gasteiger partial charge is 0.398 e. The molecule has 0 saturated heterocycles. The molecule has 0 saturated carbocycles. The highest BCUT2D eigenvalue weighted by molar-refractivity contribution is 14.1. The van der Waals surface area contributed by atoms with Crippen molar-refractivity contribution >= 4 is 39.1 Å². The van der Waals surface area contributed by atoms with Gasteiger partial charge in [-0.3, -0.25) is 4.21 Å². The van der Waals surface area contributed by atoms with Gasteiger partial charge in [-0.15, -0.1) is 0 Å². The Bertz CT molecular complexity index is 581. The molecule has 0 aromatic heterocycles. The summed E-state index contributed by atoms with van der Waals surface area (Å²) in [5, 5.41) is 0. The van der Waals surface area contributed by atoms with Gasteiger partial charge in [-0.1, -0.05) is 18.2 Å². The maximum Gasteiger partial charge on any atom is 0.0623 e. The van der Waals surface area contributed by atoms with Crippen molar-refractivity contribution < 1.29 is 4.21 Å². The minimum Gasteiger partial charge on any atom is -0.398 e. The standard InChI is InChI=1S/C14H14INOS/c1-10-2-7-13(16)14(8-10)18(17)9-11-3-5-12(15)6-4-11/h2-8H,9,16H2,1H3. The van der Waals surface area contributed by atoms with Gasteiger partial charge in [0, 0.05) is 9.26 Å². The Hall–Kier alpha value is -0.880. The fourth-order valence-corrected chi connectivity index (χ4v) is 3.31. The fraction of sp³-hybridized carbons (Fsp3) is 0.143. The van der Waals surface area contributed by atoms with Crippen molar-refractivity contribution in [2.24, 2.45) is 0 Å². The first-order valence-electron chi connectivity index (χ1n) is 5.55.